The molecule has 1 saturated heterocycles. The third-order valence-corrected chi connectivity index (χ3v) is 4.75. The summed E-state index contributed by atoms with van der Waals surface area (Å²) >= 11 is 1.61. The molecule has 1 fully saturated rings. The molecular weight excluding hydrogens is 274 g/mol. The van der Waals surface area contributed by atoms with Gasteiger partial charge in [-0.3, -0.25) is 4.79 Å². The molecule has 2 rings (SSSR count). The molecule has 2 N–H and O–H groups in total. The number of aromatic nitrogens is 1. The molecule has 0 radical (unpaired) electrons. The highest BCUT2D eigenvalue weighted by Crippen LogP contribution is 2.19. The number of aryl methyl sites for hydroxylation is 2. The van der Waals surface area contributed by atoms with Crippen molar-refractivity contribution in [1.82, 2.24) is 15.8 Å². The zero-order valence-corrected chi connectivity index (χ0v) is 13.2. The van der Waals surface area contributed by atoms with E-state index in [-0.39, 0.29) is 5.91 Å². The van der Waals surface area contributed by atoms with Gasteiger partial charge in [-0.1, -0.05) is 12.1 Å². The summed E-state index contributed by atoms with van der Waals surface area (Å²) in [6.45, 7) is 7.99. The van der Waals surface area contributed by atoms with Gasteiger partial charge >= 0.3 is 0 Å². The fraction of sp³-hybridized carbons (Fsp3) is 0.714. The number of hydrogen-bond donors (Lipinski definition) is 2. The number of nitrogens with zero attached hydrogens (tertiary/aromatic N) is 1. The second-order valence-corrected chi connectivity index (χ2v) is 6.43. The average molecular weight is 297 g/mol. The Morgan fingerprint density at radius 1 is 1.55 bits per heavy atom. The molecule has 112 valence electrons. The fourth-order valence-corrected chi connectivity index (χ4v) is 3.42. The van der Waals surface area contributed by atoms with Crippen molar-refractivity contribution < 1.29 is 9.32 Å². The smallest absolute Gasteiger partial charge is 0.230 e. The second kappa shape index (κ2) is 7.13. The van der Waals surface area contributed by atoms with Crippen LogP contribution < -0.4 is 10.6 Å². The SMILES string of the molecule is Cc1noc(C)c1CSCC(=O)NC1CCNCC1C. The Bertz CT molecular complexity index is 442. The minimum Gasteiger partial charge on any atom is -0.361 e. The Balaban J connectivity index is 1.72. The summed E-state index contributed by atoms with van der Waals surface area (Å²) in [6, 6.07) is 0.309. The summed E-state index contributed by atoms with van der Waals surface area (Å²) in [5, 5.41) is 10.4. The number of nitrogens with one attached hydrogen (secondary N) is 2. The first-order chi connectivity index (χ1) is 9.58. The lowest BCUT2D eigenvalue weighted by atomic mass is 9.95. The number of amides is 1. The number of piperidine rings is 1. The van der Waals surface area contributed by atoms with Crippen molar-refractivity contribution in [2.75, 3.05) is 18.8 Å². The Kier molecular flexibility index (Phi) is 5.48. The normalized spacial score (nSPS) is 22.8. The molecule has 1 aliphatic rings. The first-order valence-corrected chi connectivity index (χ1v) is 8.23. The second-order valence-electron chi connectivity index (χ2n) is 5.44. The van der Waals surface area contributed by atoms with Gasteiger partial charge in [0, 0.05) is 17.4 Å². The van der Waals surface area contributed by atoms with Crippen LogP contribution in [0.2, 0.25) is 0 Å². The number of carbonyl (C=O) groups is 1. The topological polar surface area (TPSA) is 67.2 Å². The molecular formula is C14H23N3O2S. The Labute approximate surface area is 124 Å². The first kappa shape index (κ1) is 15.4. The molecule has 5 nitrogen and oxygen atoms in total. The lowest BCUT2D eigenvalue weighted by Crippen LogP contribution is -2.48. The van der Waals surface area contributed by atoms with Crippen LogP contribution in [0.15, 0.2) is 4.52 Å². The molecule has 2 atom stereocenters. The van der Waals surface area contributed by atoms with E-state index < -0.39 is 0 Å². The minimum atomic E-state index is 0.125. The van der Waals surface area contributed by atoms with Crippen molar-refractivity contribution in [3.05, 3.63) is 17.0 Å². The molecule has 1 amide bonds. The number of rotatable bonds is 5. The Hall–Kier alpha value is -1.01. The standard InChI is InChI=1S/C14H23N3O2S/c1-9-6-15-5-4-13(9)16-14(18)8-20-7-12-10(2)17-19-11(12)3/h9,13,15H,4-8H2,1-3H3,(H,16,18). The predicted octanol–water partition coefficient (Wildman–Crippen LogP) is 1.64. The Morgan fingerprint density at radius 2 is 2.35 bits per heavy atom. The largest absolute Gasteiger partial charge is 0.361 e. The molecule has 1 aromatic rings. The maximum absolute atomic E-state index is 12.0. The van der Waals surface area contributed by atoms with E-state index in [9.17, 15) is 4.79 Å². The maximum atomic E-state index is 12.0. The van der Waals surface area contributed by atoms with E-state index in [1.165, 1.54) is 0 Å². The molecule has 0 saturated carbocycles. The van der Waals surface area contributed by atoms with Crippen molar-refractivity contribution in [2.45, 2.75) is 39.0 Å². The summed E-state index contributed by atoms with van der Waals surface area (Å²) in [5.74, 6) is 2.74. The monoisotopic (exact) mass is 297 g/mol. The van der Waals surface area contributed by atoms with Crippen molar-refractivity contribution in [3.63, 3.8) is 0 Å². The van der Waals surface area contributed by atoms with E-state index in [0.29, 0.717) is 17.7 Å². The van der Waals surface area contributed by atoms with Crippen LogP contribution in [0.25, 0.3) is 0 Å². The Morgan fingerprint density at radius 3 is 3.00 bits per heavy atom. The van der Waals surface area contributed by atoms with Crippen LogP contribution in [0.4, 0.5) is 0 Å². The molecule has 1 aromatic heterocycles. The van der Waals surface area contributed by atoms with Gasteiger partial charge in [-0.05, 0) is 39.3 Å². The van der Waals surface area contributed by atoms with Crippen LogP contribution in [0.3, 0.4) is 0 Å². The number of hydrogen-bond acceptors (Lipinski definition) is 5. The van der Waals surface area contributed by atoms with Crippen LogP contribution in [-0.2, 0) is 10.5 Å². The van der Waals surface area contributed by atoms with Gasteiger partial charge in [0.25, 0.3) is 0 Å². The summed E-state index contributed by atoms with van der Waals surface area (Å²) < 4.78 is 5.12. The summed E-state index contributed by atoms with van der Waals surface area (Å²) in [7, 11) is 0. The van der Waals surface area contributed by atoms with Gasteiger partial charge in [0.15, 0.2) is 0 Å². The van der Waals surface area contributed by atoms with Crippen LogP contribution in [-0.4, -0.2) is 35.9 Å². The van der Waals surface area contributed by atoms with Gasteiger partial charge in [-0.2, -0.15) is 0 Å². The van der Waals surface area contributed by atoms with Gasteiger partial charge < -0.3 is 15.2 Å². The van der Waals surface area contributed by atoms with Crippen molar-refractivity contribution in [3.8, 4) is 0 Å². The van der Waals surface area contributed by atoms with E-state index in [4.69, 9.17) is 4.52 Å². The van der Waals surface area contributed by atoms with Crippen LogP contribution in [0, 0.1) is 19.8 Å². The van der Waals surface area contributed by atoms with Crippen LogP contribution >= 0.6 is 11.8 Å². The van der Waals surface area contributed by atoms with Gasteiger partial charge in [0.2, 0.25) is 5.91 Å². The molecule has 2 heterocycles. The molecule has 0 aromatic carbocycles. The van der Waals surface area contributed by atoms with Gasteiger partial charge in [-0.25, -0.2) is 0 Å². The fourth-order valence-electron chi connectivity index (χ4n) is 2.43. The molecule has 0 bridgehead atoms. The minimum absolute atomic E-state index is 0.125. The van der Waals surface area contributed by atoms with E-state index in [1.54, 1.807) is 11.8 Å². The van der Waals surface area contributed by atoms with E-state index in [0.717, 1.165) is 42.3 Å². The zero-order chi connectivity index (χ0) is 14.5. The molecule has 0 aliphatic carbocycles. The number of thioether (sulfide) groups is 1. The third-order valence-electron chi connectivity index (χ3n) is 3.79. The van der Waals surface area contributed by atoms with Crippen LogP contribution in [0.5, 0.6) is 0 Å². The highest BCUT2D eigenvalue weighted by molar-refractivity contribution is 7.99. The number of carbonyl (C=O) groups excluding carboxylic acids is 1. The lowest BCUT2D eigenvalue weighted by molar-refractivity contribution is -0.119. The lowest BCUT2D eigenvalue weighted by Gasteiger charge is -2.30. The van der Waals surface area contributed by atoms with Crippen molar-refractivity contribution in [1.29, 1.82) is 0 Å². The average Bonchev–Trinajstić information content (AvgIpc) is 2.73. The molecule has 1 aliphatic heterocycles. The predicted molar refractivity (Wildman–Crippen MR) is 80.7 cm³/mol. The van der Waals surface area contributed by atoms with Crippen molar-refractivity contribution in [2.24, 2.45) is 5.92 Å². The molecule has 6 heteroatoms. The molecule has 2 unspecified atom stereocenters. The summed E-state index contributed by atoms with van der Waals surface area (Å²) in [5.41, 5.74) is 2.03. The summed E-state index contributed by atoms with van der Waals surface area (Å²) in [4.78, 5) is 12.0. The maximum Gasteiger partial charge on any atom is 0.230 e. The van der Waals surface area contributed by atoms with E-state index in [2.05, 4.69) is 22.7 Å². The first-order valence-electron chi connectivity index (χ1n) is 7.07. The molecule has 0 spiro atoms. The van der Waals surface area contributed by atoms with Gasteiger partial charge in [0.1, 0.15) is 5.76 Å². The highest BCUT2D eigenvalue weighted by Gasteiger charge is 2.22. The van der Waals surface area contributed by atoms with E-state index in [1.807, 2.05) is 13.8 Å². The van der Waals surface area contributed by atoms with Gasteiger partial charge in [0.05, 0.1) is 11.4 Å². The van der Waals surface area contributed by atoms with Gasteiger partial charge in [-0.15, -0.1) is 11.8 Å². The third kappa shape index (κ3) is 3.99. The summed E-state index contributed by atoms with van der Waals surface area (Å²) in [6.07, 6.45) is 1.02. The van der Waals surface area contributed by atoms with Crippen LogP contribution in [0.1, 0.15) is 30.4 Å². The highest BCUT2D eigenvalue weighted by atomic mass is 32.2. The van der Waals surface area contributed by atoms with E-state index >= 15 is 0 Å². The van der Waals surface area contributed by atoms with Crippen molar-refractivity contribution >= 4 is 17.7 Å². The quantitative estimate of drug-likeness (QED) is 0.865. The zero-order valence-electron chi connectivity index (χ0n) is 12.4. The molecule has 20 heavy (non-hydrogen) atoms.